The zero-order valence-corrected chi connectivity index (χ0v) is 13.2. The second-order valence-electron chi connectivity index (χ2n) is 4.77. The van der Waals surface area contributed by atoms with Crippen LogP contribution in [0.25, 0.3) is 11.0 Å². The quantitative estimate of drug-likeness (QED) is 0.532. The van der Waals surface area contributed by atoms with Gasteiger partial charge in [-0.25, -0.2) is 9.59 Å². The van der Waals surface area contributed by atoms with Crippen molar-refractivity contribution in [2.75, 3.05) is 0 Å². The van der Waals surface area contributed by atoms with Crippen molar-refractivity contribution in [2.24, 2.45) is 0 Å². The summed E-state index contributed by atoms with van der Waals surface area (Å²) in [5.41, 5.74) is 1.61. The predicted molar refractivity (Wildman–Crippen MR) is 85.7 cm³/mol. The summed E-state index contributed by atoms with van der Waals surface area (Å²) in [4.78, 5) is 24.0. The molecule has 0 atom stereocenters. The van der Waals surface area contributed by atoms with Gasteiger partial charge in [0.15, 0.2) is 0 Å². The monoisotopic (exact) mass is 334 g/mol. The number of hydrogen-bond donors (Lipinski definition) is 0. The second kappa shape index (κ2) is 5.94. The summed E-state index contributed by atoms with van der Waals surface area (Å²) >= 11 is 6.94. The molecule has 0 saturated heterocycles. The first-order valence-corrected chi connectivity index (χ1v) is 7.68. The van der Waals surface area contributed by atoms with Gasteiger partial charge in [-0.1, -0.05) is 23.7 Å². The highest BCUT2D eigenvalue weighted by Crippen LogP contribution is 2.23. The Balaban J connectivity index is 1.87. The van der Waals surface area contributed by atoms with Crippen molar-refractivity contribution in [1.29, 1.82) is 0 Å². The molecule has 0 aliphatic rings. The number of fused-ring (bicyclic) bond motifs is 1. The van der Waals surface area contributed by atoms with Crippen LogP contribution in [0.1, 0.15) is 20.8 Å². The third-order valence-corrected chi connectivity index (χ3v) is 4.33. The fourth-order valence-corrected chi connectivity index (χ4v) is 3.03. The third kappa shape index (κ3) is 3.05. The van der Waals surface area contributed by atoms with Gasteiger partial charge in [0, 0.05) is 17.0 Å². The highest BCUT2D eigenvalue weighted by atomic mass is 35.5. The lowest BCUT2D eigenvalue weighted by Gasteiger charge is -2.07. The average molecular weight is 335 g/mol. The zero-order chi connectivity index (χ0) is 15.7. The summed E-state index contributed by atoms with van der Waals surface area (Å²) in [5.74, 6) is -0.467. The lowest BCUT2D eigenvalue weighted by atomic mass is 10.1. The highest BCUT2D eigenvalue weighted by Gasteiger charge is 2.12. The molecule has 0 amide bonds. The molecule has 6 heteroatoms. The van der Waals surface area contributed by atoms with Gasteiger partial charge in [-0.3, -0.25) is 0 Å². The molecule has 0 unspecified atom stereocenters. The Labute approximate surface area is 134 Å². The Bertz CT molecular complexity index is 910. The fourth-order valence-electron chi connectivity index (χ4n) is 2.09. The second-order valence-corrected chi connectivity index (χ2v) is 6.49. The summed E-state index contributed by atoms with van der Waals surface area (Å²) in [7, 11) is 0. The van der Waals surface area contributed by atoms with Crippen molar-refractivity contribution >= 4 is 39.9 Å². The predicted octanol–water partition coefficient (Wildman–Crippen LogP) is 4.17. The normalized spacial score (nSPS) is 10.8. The van der Waals surface area contributed by atoms with Crippen LogP contribution in [0.4, 0.5) is 0 Å². The van der Waals surface area contributed by atoms with E-state index in [2.05, 4.69) is 0 Å². The zero-order valence-electron chi connectivity index (χ0n) is 11.6. The van der Waals surface area contributed by atoms with Crippen LogP contribution < -0.4 is 5.63 Å². The molecule has 0 aliphatic heterocycles. The van der Waals surface area contributed by atoms with Crippen molar-refractivity contribution in [3.63, 3.8) is 0 Å². The highest BCUT2D eigenvalue weighted by molar-refractivity contribution is 7.17. The standard InChI is InChI=1S/C16H11ClO4S/c1-9-2-3-11-10(7-15(18)21-12(11)6-9)8-20-16(19)13-4-5-14(17)22-13/h2-7H,8H2,1H3. The van der Waals surface area contributed by atoms with E-state index in [4.69, 9.17) is 20.8 Å². The van der Waals surface area contributed by atoms with Crippen LogP contribution in [-0.2, 0) is 11.3 Å². The Morgan fingerprint density at radius 1 is 1.27 bits per heavy atom. The molecule has 0 aliphatic carbocycles. The van der Waals surface area contributed by atoms with Crippen molar-refractivity contribution in [3.05, 3.63) is 67.2 Å². The molecule has 2 aromatic heterocycles. The van der Waals surface area contributed by atoms with Crippen molar-refractivity contribution in [2.45, 2.75) is 13.5 Å². The van der Waals surface area contributed by atoms with Crippen molar-refractivity contribution in [1.82, 2.24) is 0 Å². The molecule has 2 heterocycles. The molecule has 22 heavy (non-hydrogen) atoms. The van der Waals surface area contributed by atoms with Gasteiger partial charge in [-0.2, -0.15) is 0 Å². The molecule has 0 radical (unpaired) electrons. The third-order valence-electron chi connectivity index (χ3n) is 3.12. The number of benzene rings is 1. The first-order valence-electron chi connectivity index (χ1n) is 6.49. The molecule has 0 spiro atoms. The van der Waals surface area contributed by atoms with Gasteiger partial charge in [-0.05, 0) is 30.7 Å². The Hall–Kier alpha value is -2.11. The molecule has 0 fully saturated rings. The van der Waals surface area contributed by atoms with E-state index in [9.17, 15) is 9.59 Å². The van der Waals surface area contributed by atoms with Crippen LogP contribution in [0.5, 0.6) is 0 Å². The topological polar surface area (TPSA) is 56.5 Å². The van der Waals surface area contributed by atoms with Gasteiger partial charge < -0.3 is 9.15 Å². The van der Waals surface area contributed by atoms with Crippen LogP contribution in [0.15, 0.2) is 45.6 Å². The van der Waals surface area contributed by atoms with E-state index in [1.54, 1.807) is 18.2 Å². The lowest BCUT2D eigenvalue weighted by molar-refractivity contribution is 0.0479. The minimum atomic E-state index is -0.469. The molecule has 3 aromatic rings. The first-order chi connectivity index (χ1) is 10.5. The van der Waals surface area contributed by atoms with Gasteiger partial charge in [-0.15, -0.1) is 11.3 Å². The van der Waals surface area contributed by atoms with Crippen molar-refractivity contribution in [3.8, 4) is 0 Å². The fraction of sp³-hybridized carbons (Fsp3) is 0.125. The Morgan fingerprint density at radius 3 is 2.82 bits per heavy atom. The minimum absolute atomic E-state index is 0.000483. The van der Waals surface area contributed by atoms with E-state index in [0.717, 1.165) is 22.3 Å². The van der Waals surface area contributed by atoms with E-state index in [1.807, 2.05) is 19.1 Å². The van der Waals surface area contributed by atoms with E-state index in [1.165, 1.54) is 6.07 Å². The largest absolute Gasteiger partial charge is 0.457 e. The number of esters is 1. The van der Waals surface area contributed by atoms with Gasteiger partial charge in [0.1, 0.15) is 17.1 Å². The lowest BCUT2D eigenvalue weighted by Crippen LogP contribution is -2.06. The summed E-state index contributed by atoms with van der Waals surface area (Å²) in [5, 5.41) is 0.752. The van der Waals surface area contributed by atoms with E-state index < -0.39 is 11.6 Å². The van der Waals surface area contributed by atoms with Gasteiger partial charge >= 0.3 is 11.6 Å². The molecule has 0 bridgehead atoms. The van der Waals surface area contributed by atoms with Gasteiger partial charge in [0.05, 0.1) is 4.34 Å². The van der Waals surface area contributed by atoms with Crippen LogP contribution >= 0.6 is 22.9 Å². The van der Waals surface area contributed by atoms with Crippen LogP contribution in [0, 0.1) is 6.92 Å². The van der Waals surface area contributed by atoms with E-state index in [-0.39, 0.29) is 6.61 Å². The number of carbonyl (C=O) groups is 1. The summed E-state index contributed by atoms with van der Waals surface area (Å²) < 4.78 is 10.9. The molecule has 112 valence electrons. The van der Waals surface area contributed by atoms with Crippen LogP contribution in [0.3, 0.4) is 0 Å². The Morgan fingerprint density at radius 2 is 2.09 bits per heavy atom. The minimum Gasteiger partial charge on any atom is -0.457 e. The maximum absolute atomic E-state index is 11.9. The molecule has 1 aromatic carbocycles. The number of rotatable bonds is 3. The summed E-state index contributed by atoms with van der Waals surface area (Å²) in [6.45, 7) is 1.91. The summed E-state index contributed by atoms with van der Waals surface area (Å²) in [6, 6.07) is 10.1. The van der Waals surface area contributed by atoms with Crippen molar-refractivity contribution < 1.29 is 13.9 Å². The number of thiophene rings is 1. The number of hydrogen-bond acceptors (Lipinski definition) is 5. The van der Waals surface area contributed by atoms with Gasteiger partial charge in [0.2, 0.25) is 0 Å². The summed E-state index contributed by atoms with van der Waals surface area (Å²) in [6.07, 6.45) is 0. The number of ether oxygens (including phenoxy) is 1. The molecular weight excluding hydrogens is 324 g/mol. The number of aryl methyl sites for hydroxylation is 1. The number of halogens is 1. The first kappa shape index (κ1) is 14.8. The molecule has 0 saturated carbocycles. The molecular formula is C16H11ClO4S. The van der Waals surface area contributed by atoms with Crippen LogP contribution in [0.2, 0.25) is 4.34 Å². The average Bonchev–Trinajstić information content (AvgIpc) is 2.90. The van der Waals surface area contributed by atoms with Crippen LogP contribution in [-0.4, -0.2) is 5.97 Å². The SMILES string of the molecule is Cc1ccc2c(COC(=O)c3ccc(Cl)s3)cc(=O)oc2c1. The maximum atomic E-state index is 11.9. The molecule has 3 rings (SSSR count). The maximum Gasteiger partial charge on any atom is 0.348 e. The smallest absolute Gasteiger partial charge is 0.348 e. The van der Waals surface area contributed by atoms with Gasteiger partial charge in [0.25, 0.3) is 0 Å². The molecule has 4 nitrogen and oxygen atoms in total. The Kier molecular flexibility index (Phi) is 4.00. The van der Waals surface area contributed by atoms with E-state index >= 15 is 0 Å². The molecule has 0 N–H and O–H groups in total. The van der Waals surface area contributed by atoms with E-state index in [0.29, 0.717) is 20.4 Å². The number of carbonyl (C=O) groups excluding carboxylic acids is 1.